The molecule has 180 valence electrons. The summed E-state index contributed by atoms with van der Waals surface area (Å²) in [6, 6.07) is 17.7. The van der Waals surface area contributed by atoms with Gasteiger partial charge < -0.3 is 10.2 Å². The largest absolute Gasteiger partial charge is 0.340 e. The van der Waals surface area contributed by atoms with Crippen LogP contribution < -0.4 is 5.32 Å². The molecule has 1 atom stereocenters. The van der Waals surface area contributed by atoms with Crippen LogP contribution >= 0.6 is 0 Å². The van der Waals surface area contributed by atoms with E-state index in [0.29, 0.717) is 17.5 Å². The number of nitrogens with zero attached hydrogens (tertiary/aromatic N) is 1. The summed E-state index contributed by atoms with van der Waals surface area (Å²) in [5.74, 6) is 2.48. The summed E-state index contributed by atoms with van der Waals surface area (Å²) in [6.45, 7) is 4.49. The van der Waals surface area contributed by atoms with Crippen molar-refractivity contribution in [3.8, 4) is 0 Å². The molecule has 6 rings (SSSR count). The number of hydrogen-bond donors (Lipinski definition) is 1. The van der Waals surface area contributed by atoms with E-state index in [4.69, 9.17) is 0 Å². The lowest BCUT2D eigenvalue weighted by atomic mass is 9.48. The summed E-state index contributed by atoms with van der Waals surface area (Å²) >= 11 is 0. The molecule has 4 fully saturated rings. The van der Waals surface area contributed by atoms with Gasteiger partial charge >= 0.3 is 0 Å². The molecule has 0 spiro atoms. The summed E-state index contributed by atoms with van der Waals surface area (Å²) in [6.07, 6.45) is 8.27. The van der Waals surface area contributed by atoms with Crippen molar-refractivity contribution in [3.05, 3.63) is 71.3 Å². The van der Waals surface area contributed by atoms with Gasteiger partial charge in [-0.1, -0.05) is 56.3 Å². The molecule has 34 heavy (non-hydrogen) atoms. The Kier molecular flexibility index (Phi) is 6.26. The van der Waals surface area contributed by atoms with Gasteiger partial charge in [-0.15, -0.1) is 0 Å². The Morgan fingerprint density at radius 2 is 1.47 bits per heavy atom. The lowest BCUT2D eigenvalue weighted by Gasteiger charge is -2.57. The minimum atomic E-state index is -0.552. The van der Waals surface area contributed by atoms with Crippen molar-refractivity contribution in [1.29, 1.82) is 0 Å². The third kappa shape index (κ3) is 4.52. The van der Waals surface area contributed by atoms with Crippen LogP contribution in [0.3, 0.4) is 0 Å². The van der Waals surface area contributed by atoms with Crippen LogP contribution in [0.1, 0.15) is 73.9 Å². The Bertz CT molecular complexity index is 992. The minimum absolute atomic E-state index is 0.000900. The number of amides is 2. The first kappa shape index (κ1) is 23.1. The van der Waals surface area contributed by atoms with E-state index < -0.39 is 6.04 Å². The molecule has 4 bridgehead atoms. The second kappa shape index (κ2) is 9.20. The van der Waals surface area contributed by atoms with Crippen LogP contribution in [0.4, 0.5) is 0 Å². The van der Waals surface area contributed by atoms with E-state index in [1.165, 1.54) is 44.1 Å². The molecule has 4 aliphatic carbocycles. The molecule has 4 heteroatoms. The zero-order valence-electron chi connectivity index (χ0n) is 20.8. The van der Waals surface area contributed by atoms with Gasteiger partial charge in [-0.25, -0.2) is 0 Å². The van der Waals surface area contributed by atoms with E-state index >= 15 is 0 Å². The third-order valence-electron chi connectivity index (χ3n) is 8.66. The molecule has 0 heterocycles. The second-order valence-corrected chi connectivity index (χ2v) is 11.7. The molecular formula is C30H38N2O2. The molecule has 2 amide bonds. The van der Waals surface area contributed by atoms with Crippen molar-refractivity contribution in [2.24, 2.45) is 23.7 Å². The fraction of sp³-hybridized carbons (Fsp3) is 0.533. The van der Waals surface area contributed by atoms with Gasteiger partial charge in [-0.2, -0.15) is 0 Å². The first-order valence-corrected chi connectivity index (χ1v) is 13.0. The predicted octanol–water partition coefficient (Wildman–Crippen LogP) is 5.57. The zero-order valence-corrected chi connectivity index (χ0v) is 20.8. The Balaban J connectivity index is 1.26. The second-order valence-electron chi connectivity index (χ2n) is 11.7. The molecule has 2 aromatic rings. The van der Waals surface area contributed by atoms with Crippen LogP contribution in [0, 0.1) is 23.7 Å². The van der Waals surface area contributed by atoms with Gasteiger partial charge in [0.05, 0.1) is 0 Å². The normalized spacial score (nSPS) is 28.1. The summed E-state index contributed by atoms with van der Waals surface area (Å²) in [5, 5.41) is 3.02. The van der Waals surface area contributed by atoms with E-state index in [1.807, 2.05) is 56.3 Å². The number of likely N-dealkylation sites (N-methyl/N-ethyl adjacent to an activating group) is 1. The highest BCUT2D eigenvalue weighted by atomic mass is 16.2. The quantitative estimate of drug-likeness (QED) is 0.590. The van der Waals surface area contributed by atoms with Crippen LogP contribution in [0.25, 0.3) is 0 Å². The Morgan fingerprint density at radius 1 is 0.912 bits per heavy atom. The standard InChI is InChI=1S/C30H38N2O2/c1-20(2)27(29(34)32(3)19-21-7-5-4-6-8-21)31-28(33)25-9-11-26(12-10-25)30-16-22-13-23(17-30)15-24(14-22)18-30/h4-12,20,22-24,27H,13-19H2,1-3H3,(H,31,33)/t22?,23?,24?,27-,30?/m0/s1. The van der Waals surface area contributed by atoms with Gasteiger partial charge in [0, 0.05) is 19.2 Å². The number of hydrogen-bond acceptors (Lipinski definition) is 2. The SMILES string of the molecule is CC(C)[C@H](NC(=O)c1ccc(C23CC4CC(CC(C4)C2)C3)cc1)C(=O)N(C)Cc1ccccc1. The molecule has 0 aromatic heterocycles. The third-order valence-corrected chi connectivity index (χ3v) is 8.66. The van der Waals surface area contributed by atoms with Crippen molar-refractivity contribution in [3.63, 3.8) is 0 Å². The summed E-state index contributed by atoms with van der Waals surface area (Å²) in [4.78, 5) is 28.0. The Morgan fingerprint density at radius 3 is 2.00 bits per heavy atom. The van der Waals surface area contributed by atoms with Crippen LogP contribution in [0.2, 0.25) is 0 Å². The van der Waals surface area contributed by atoms with Crippen molar-refractivity contribution >= 4 is 11.8 Å². The molecule has 2 aromatic carbocycles. The average molecular weight is 459 g/mol. The van der Waals surface area contributed by atoms with E-state index in [0.717, 1.165) is 23.3 Å². The number of benzene rings is 2. The van der Waals surface area contributed by atoms with Crippen molar-refractivity contribution in [2.75, 3.05) is 7.05 Å². The van der Waals surface area contributed by atoms with Gasteiger partial charge in [0.1, 0.15) is 6.04 Å². The Labute approximate surface area is 204 Å². The summed E-state index contributed by atoms with van der Waals surface area (Å²) < 4.78 is 0. The molecule has 0 unspecified atom stereocenters. The van der Waals surface area contributed by atoms with Crippen LogP contribution in [-0.2, 0) is 16.8 Å². The van der Waals surface area contributed by atoms with Crippen LogP contribution in [-0.4, -0.2) is 29.8 Å². The topological polar surface area (TPSA) is 49.4 Å². The maximum atomic E-state index is 13.2. The minimum Gasteiger partial charge on any atom is -0.340 e. The van der Waals surface area contributed by atoms with E-state index in [2.05, 4.69) is 17.4 Å². The average Bonchev–Trinajstić information content (AvgIpc) is 2.81. The molecule has 0 radical (unpaired) electrons. The van der Waals surface area contributed by atoms with E-state index in [-0.39, 0.29) is 17.7 Å². The van der Waals surface area contributed by atoms with Crippen molar-refractivity contribution in [1.82, 2.24) is 10.2 Å². The Hall–Kier alpha value is -2.62. The fourth-order valence-electron chi connectivity index (χ4n) is 7.35. The number of carbonyl (C=O) groups is 2. The van der Waals surface area contributed by atoms with Crippen molar-refractivity contribution < 1.29 is 9.59 Å². The van der Waals surface area contributed by atoms with E-state index in [1.54, 1.807) is 11.9 Å². The van der Waals surface area contributed by atoms with Gasteiger partial charge in [0.2, 0.25) is 5.91 Å². The van der Waals surface area contributed by atoms with Crippen LogP contribution in [0.15, 0.2) is 54.6 Å². The molecule has 0 saturated heterocycles. The highest BCUT2D eigenvalue weighted by Gasteiger charge is 2.51. The summed E-state index contributed by atoms with van der Waals surface area (Å²) in [5.41, 5.74) is 3.47. The van der Waals surface area contributed by atoms with Crippen molar-refractivity contribution in [2.45, 2.75) is 70.4 Å². The van der Waals surface area contributed by atoms with Gasteiger partial charge in [-0.3, -0.25) is 9.59 Å². The zero-order chi connectivity index (χ0) is 23.9. The molecule has 1 N–H and O–H groups in total. The fourth-order valence-corrected chi connectivity index (χ4v) is 7.35. The first-order valence-electron chi connectivity index (χ1n) is 13.0. The molecular weight excluding hydrogens is 420 g/mol. The number of carbonyl (C=O) groups excluding carboxylic acids is 2. The van der Waals surface area contributed by atoms with Gasteiger partial charge in [0.25, 0.3) is 5.91 Å². The lowest BCUT2D eigenvalue weighted by Crippen LogP contribution is -2.50. The molecule has 4 nitrogen and oxygen atoms in total. The van der Waals surface area contributed by atoms with Gasteiger partial charge in [0.15, 0.2) is 0 Å². The highest BCUT2D eigenvalue weighted by molar-refractivity contribution is 5.97. The van der Waals surface area contributed by atoms with Gasteiger partial charge in [-0.05, 0) is 90.9 Å². The first-order chi connectivity index (χ1) is 16.3. The number of rotatable bonds is 7. The predicted molar refractivity (Wildman–Crippen MR) is 135 cm³/mol. The lowest BCUT2D eigenvalue weighted by molar-refractivity contribution is -0.133. The summed E-state index contributed by atoms with van der Waals surface area (Å²) in [7, 11) is 1.80. The molecule has 4 saturated carbocycles. The number of nitrogens with one attached hydrogen (secondary N) is 1. The molecule has 4 aliphatic rings. The smallest absolute Gasteiger partial charge is 0.251 e. The van der Waals surface area contributed by atoms with E-state index in [9.17, 15) is 9.59 Å². The highest BCUT2D eigenvalue weighted by Crippen LogP contribution is 2.60. The maximum absolute atomic E-state index is 13.2. The maximum Gasteiger partial charge on any atom is 0.251 e. The van der Waals surface area contributed by atoms with Crippen LogP contribution in [0.5, 0.6) is 0 Å². The molecule has 0 aliphatic heterocycles. The monoisotopic (exact) mass is 458 g/mol.